The minimum absolute atomic E-state index is 0.240. The van der Waals surface area contributed by atoms with E-state index >= 15 is 0 Å². The Morgan fingerprint density at radius 3 is 2.56 bits per heavy atom. The molecule has 0 fully saturated rings. The number of nitrogens with two attached hydrogens (primary N) is 1. The first-order valence-corrected chi connectivity index (χ1v) is 6.16. The molecular formula is C11H15NO3Se. The van der Waals surface area contributed by atoms with Crippen molar-refractivity contribution in [2.24, 2.45) is 5.73 Å². The van der Waals surface area contributed by atoms with E-state index in [4.69, 9.17) is 15.2 Å². The van der Waals surface area contributed by atoms with Crippen LogP contribution in [0.15, 0.2) is 24.3 Å². The SMILES string of the molecule is COc1ccc(COC(=O)[C@@H](N)C[SeH])cc1. The molecule has 16 heavy (non-hydrogen) atoms. The molecule has 0 amide bonds. The van der Waals surface area contributed by atoms with Crippen molar-refractivity contribution in [1.82, 2.24) is 0 Å². The van der Waals surface area contributed by atoms with E-state index in [1.807, 2.05) is 24.3 Å². The van der Waals surface area contributed by atoms with Crippen LogP contribution in [0.1, 0.15) is 5.56 Å². The van der Waals surface area contributed by atoms with Gasteiger partial charge in [-0.1, -0.05) is 0 Å². The third-order valence-electron chi connectivity index (χ3n) is 2.04. The summed E-state index contributed by atoms with van der Waals surface area (Å²) < 4.78 is 10.1. The van der Waals surface area contributed by atoms with Crippen LogP contribution < -0.4 is 10.5 Å². The summed E-state index contributed by atoms with van der Waals surface area (Å²) in [7, 11) is 1.60. The first kappa shape index (κ1) is 13.0. The van der Waals surface area contributed by atoms with E-state index in [0.717, 1.165) is 11.3 Å². The predicted molar refractivity (Wildman–Crippen MR) is 62.7 cm³/mol. The van der Waals surface area contributed by atoms with Gasteiger partial charge in [0.25, 0.3) is 0 Å². The van der Waals surface area contributed by atoms with E-state index in [1.165, 1.54) is 0 Å². The molecule has 0 saturated carbocycles. The summed E-state index contributed by atoms with van der Waals surface area (Å²) in [6, 6.07) is 6.78. The Bertz CT molecular complexity index is 340. The summed E-state index contributed by atoms with van der Waals surface area (Å²) in [5.41, 5.74) is 6.43. The summed E-state index contributed by atoms with van der Waals surface area (Å²) in [6.07, 6.45) is 0. The second-order valence-electron chi connectivity index (χ2n) is 3.24. The monoisotopic (exact) mass is 289 g/mol. The van der Waals surface area contributed by atoms with E-state index in [-0.39, 0.29) is 12.6 Å². The molecule has 1 aromatic rings. The van der Waals surface area contributed by atoms with Crippen LogP contribution in [0.5, 0.6) is 5.75 Å². The topological polar surface area (TPSA) is 61.5 Å². The van der Waals surface area contributed by atoms with Crippen molar-refractivity contribution in [3.63, 3.8) is 0 Å². The fraction of sp³-hybridized carbons (Fsp3) is 0.364. The van der Waals surface area contributed by atoms with Crippen molar-refractivity contribution in [3.05, 3.63) is 29.8 Å². The van der Waals surface area contributed by atoms with Crippen LogP contribution in [0.2, 0.25) is 5.32 Å². The molecule has 2 N–H and O–H groups in total. The number of hydrogen-bond acceptors (Lipinski definition) is 4. The molecule has 0 unspecified atom stereocenters. The number of benzene rings is 1. The first-order valence-electron chi connectivity index (χ1n) is 4.83. The molecule has 0 heterocycles. The standard InChI is InChI=1S/C11H15NO3Se/c1-14-9-4-2-8(3-5-9)6-15-11(13)10(12)7-16/h2-5,10,16H,6-7,12H2,1H3/t10-/m0/s1. The van der Waals surface area contributed by atoms with Gasteiger partial charge in [-0.25, -0.2) is 0 Å². The Kier molecular flexibility index (Phi) is 5.32. The zero-order chi connectivity index (χ0) is 12.0. The van der Waals surface area contributed by atoms with Crippen LogP contribution >= 0.6 is 0 Å². The molecule has 1 aromatic carbocycles. The molecule has 0 aliphatic carbocycles. The fourth-order valence-electron chi connectivity index (χ4n) is 1.06. The van der Waals surface area contributed by atoms with Gasteiger partial charge in [0.1, 0.15) is 0 Å². The molecule has 5 heteroatoms. The average Bonchev–Trinajstić information content (AvgIpc) is 2.35. The molecule has 0 bridgehead atoms. The summed E-state index contributed by atoms with van der Waals surface area (Å²) >= 11 is 2.27. The predicted octanol–water partition coefficient (Wildman–Crippen LogP) is 0.385. The third-order valence-corrected chi connectivity index (χ3v) is 2.86. The summed E-state index contributed by atoms with van der Waals surface area (Å²) in [5.74, 6) is 0.397. The molecule has 1 atom stereocenters. The van der Waals surface area contributed by atoms with E-state index in [1.54, 1.807) is 7.11 Å². The Labute approximate surface area is 103 Å². The van der Waals surface area contributed by atoms with Crippen LogP contribution in [0.3, 0.4) is 0 Å². The Balaban J connectivity index is 2.45. The average molecular weight is 288 g/mol. The molecule has 0 aromatic heterocycles. The number of carbonyl (C=O) groups excluding carboxylic acids is 1. The molecule has 4 nitrogen and oxygen atoms in total. The minimum atomic E-state index is -0.557. The van der Waals surface area contributed by atoms with E-state index < -0.39 is 6.04 Å². The van der Waals surface area contributed by atoms with Crippen molar-refractivity contribution in [1.29, 1.82) is 0 Å². The van der Waals surface area contributed by atoms with Gasteiger partial charge in [-0.05, 0) is 0 Å². The molecule has 88 valence electrons. The van der Waals surface area contributed by atoms with E-state index in [2.05, 4.69) is 16.0 Å². The maximum atomic E-state index is 11.3. The number of carbonyl (C=O) groups is 1. The Morgan fingerprint density at radius 2 is 2.06 bits per heavy atom. The quantitative estimate of drug-likeness (QED) is 0.629. The van der Waals surface area contributed by atoms with Crippen molar-refractivity contribution >= 4 is 22.0 Å². The van der Waals surface area contributed by atoms with Gasteiger partial charge in [0.15, 0.2) is 0 Å². The zero-order valence-electron chi connectivity index (χ0n) is 9.05. The number of ether oxygens (including phenoxy) is 2. The number of rotatable bonds is 5. The molecule has 0 saturated heterocycles. The summed E-state index contributed by atoms with van der Waals surface area (Å²) in [6.45, 7) is 0.240. The van der Waals surface area contributed by atoms with Gasteiger partial charge in [0.05, 0.1) is 0 Å². The Hall–Kier alpha value is -1.03. The second-order valence-corrected chi connectivity index (χ2v) is 4.01. The number of esters is 1. The van der Waals surface area contributed by atoms with Crippen molar-refractivity contribution in [2.45, 2.75) is 18.0 Å². The van der Waals surface area contributed by atoms with Crippen molar-refractivity contribution < 1.29 is 14.3 Å². The molecule has 1 rings (SSSR count). The molecule has 0 aliphatic rings. The van der Waals surface area contributed by atoms with Gasteiger partial charge in [-0.3, -0.25) is 0 Å². The van der Waals surface area contributed by atoms with E-state index in [9.17, 15) is 4.79 Å². The van der Waals surface area contributed by atoms with Crippen LogP contribution in [0.25, 0.3) is 0 Å². The van der Waals surface area contributed by atoms with Gasteiger partial charge < -0.3 is 0 Å². The maximum absolute atomic E-state index is 11.3. The summed E-state index contributed by atoms with van der Waals surface area (Å²) in [5, 5.41) is 0.522. The van der Waals surface area contributed by atoms with Crippen molar-refractivity contribution in [3.8, 4) is 5.75 Å². The second kappa shape index (κ2) is 6.53. The Morgan fingerprint density at radius 1 is 1.44 bits per heavy atom. The van der Waals surface area contributed by atoms with Gasteiger partial charge in [-0.2, -0.15) is 0 Å². The van der Waals surface area contributed by atoms with Gasteiger partial charge in [0.2, 0.25) is 0 Å². The van der Waals surface area contributed by atoms with Gasteiger partial charge in [0, 0.05) is 0 Å². The van der Waals surface area contributed by atoms with E-state index in [0.29, 0.717) is 5.32 Å². The molecule has 0 radical (unpaired) electrons. The summed E-state index contributed by atoms with van der Waals surface area (Å²) in [4.78, 5) is 11.3. The third kappa shape index (κ3) is 3.85. The molecule has 0 spiro atoms. The van der Waals surface area contributed by atoms with Gasteiger partial charge >= 0.3 is 103 Å². The first-order chi connectivity index (χ1) is 7.67. The van der Waals surface area contributed by atoms with Crippen molar-refractivity contribution in [2.75, 3.05) is 7.11 Å². The number of methoxy groups -OCH3 is 1. The number of hydrogen-bond donors (Lipinski definition) is 1. The molecular weight excluding hydrogens is 273 g/mol. The fourth-order valence-corrected chi connectivity index (χ4v) is 1.37. The van der Waals surface area contributed by atoms with Crippen LogP contribution in [0, 0.1) is 0 Å². The normalized spacial score (nSPS) is 11.9. The van der Waals surface area contributed by atoms with Crippen LogP contribution in [-0.4, -0.2) is 35.1 Å². The molecule has 0 aliphatic heterocycles. The zero-order valence-corrected chi connectivity index (χ0v) is 10.9. The van der Waals surface area contributed by atoms with Gasteiger partial charge in [-0.15, -0.1) is 0 Å². The van der Waals surface area contributed by atoms with Crippen LogP contribution in [0.4, 0.5) is 0 Å². The van der Waals surface area contributed by atoms with Crippen LogP contribution in [-0.2, 0) is 16.1 Å².